The van der Waals surface area contributed by atoms with Crippen molar-refractivity contribution in [3.63, 3.8) is 0 Å². The highest BCUT2D eigenvalue weighted by molar-refractivity contribution is 5.90. The van der Waals surface area contributed by atoms with E-state index in [4.69, 9.17) is 5.73 Å². The standard InChI is InChI=1S/C15H20N4O/c1-15(2)8-7-10(13(16)20)9-19(15)14-11-5-3-4-6-12(11)17-18-14/h3-6,10H,7-9H2,1-2H3,(H2,16,20)(H,17,18). The number of nitrogens with zero attached hydrogens (tertiary/aromatic N) is 2. The molecule has 0 saturated carbocycles. The summed E-state index contributed by atoms with van der Waals surface area (Å²) >= 11 is 0. The minimum absolute atomic E-state index is 0.0239. The van der Waals surface area contributed by atoms with Crippen LogP contribution in [0.2, 0.25) is 0 Å². The molecule has 1 atom stereocenters. The fourth-order valence-corrected chi connectivity index (χ4v) is 2.98. The Hall–Kier alpha value is -2.04. The van der Waals surface area contributed by atoms with E-state index in [9.17, 15) is 4.79 Å². The van der Waals surface area contributed by atoms with Crippen LogP contribution in [-0.2, 0) is 4.79 Å². The number of carbonyl (C=O) groups excluding carboxylic acids is 1. The van der Waals surface area contributed by atoms with Crippen molar-refractivity contribution in [2.75, 3.05) is 11.4 Å². The van der Waals surface area contributed by atoms with Crippen LogP contribution in [0, 0.1) is 5.92 Å². The van der Waals surface area contributed by atoms with Crippen molar-refractivity contribution in [2.24, 2.45) is 11.7 Å². The maximum atomic E-state index is 11.5. The van der Waals surface area contributed by atoms with Gasteiger partial charge in [0.25, 0.3) is 0 Å². The van der Waals surface area contributed by atoms with Gasteiger partial charge in [0.05, 0.1) is 11.4 Å². The van der Waals surface area contributed by atoms with Crippen LogP contribution in [0.15, 0.2) is 24.3 Å². The number of piperidine rings is 1. The number of anilines is 1. The van der Waals surface area contributed by atoms with Gasteiger partial charge in [-0.2, -0.15) is 5.10 Å². The van der Waals surface area contributed by atoms with E-state index >= 15 is 0 Å². The summed E-state index contributed by atoms with van der Waals surface area (Å²) in [5, 5.41) is 8.61. The van der Waals surface area contributed by atoms with Crippen LogP contribution < -0.4 is 10.6 Å². The lowest BCUT2D eigenvalue weighted by molar-refractivity contribution is -0.122. The van der Waals surface area contributed by atoms with E-state index in [1.807, 2.05) is 18.2 Å². The largest absolute Gasteiger partial charge is 0.369 e. The van der Waals surface area contributed by atoms with Gasteiger partial charge in [-0.15, -0.1) is 0 Å². The van der Waals surface area contributed by atoms with Gasteiger partial charge in [-0.25, -0.2) is 0 Å². The van der Waals surface area contributed by atoms with Gasteiger partial charge in [-0.1, -0.05) is 12.1 Å². The molecule has 3 rings (SSSR count). The average Bonchev–Trinajstić information content (AvgIpc) is 2.82. The monoisotopic (exact) mass is 272 g/mol. The molecular weight excluding hydrogens is 252 g/mol. The highest BCUT2D eigenvalue weighted by Crippen LogP contribution is 2.36. The number of aromatic nitrogens is 2. The van der Waals surface area contributed by atoms with Gasteiger partial charge in [0.15, 0.2) is 5.82 Å². The molecule has 20 heavy (non-hydrogen) atoms. The number of para-hydroxylation sites is 1. The molecule has 1 aliphatic heterocycles. The Morgan fingerprint density at radius 2 is 2.20 bits per heavy atom. The van der Waals surface area contributed by atoms with Gasteiger partial charge in [0.1, 0.15) is 0 Å². The molecule has 0 aliphatic carbocycles. The van der Waals surface area contributed by atoms with Crippen LogP contribution in [0.3, 0.4) is 0 Å². The first-order valence-corrected chi connectivity index (χ1v) is 6.99. The SMILES string of the molecule is CC1(C)CCC(C(N)=O)CN1c1n[nH]c2ccccc12. The predicted octanol–water partition coefficient (Wildman–Crippen LogP) is 2.04. The minimum Gasteiger partial charge on any atom is -0.369 e. The molecule has 1 fully saturated rings. The Morgan fingerprint density at radius 1 is 1.45 bits per heavy atom. The Bertz CT molecular complexity index is 646. The number of amides is 1. The molecule has 5 nitrogen and oxygen atoms in total. The van der Waals surface area contributed by atoms with Crippen LogP contribution >= 0.6 is 0 Å². The summed E-state index contributed by atoms with van der Waals surface area (Å²) < 4.78 is 0. The van der Waals surface area contributed by atoms with Crippen LogP contribution in [-0.4, -0.2) is 28.2 Å². The number of aromatic amines is 1. The molecule has 2 heterocycles. The zero-order valence-electron chi connectivity index (χ0n) is 11.9. The number of hydrogen-bond acceptors (Lipinski definition) is 3. The van der Waals surface area contributed by atoms with Crippen molar-refractivity contribution in [2.45, 2.75) is 32.2 Å². The highest BCUT2D eigenvalue weighted by Gasteiger charge is 2.37. The van der Waals surface area contributed by atoms with Gasteiger partial charge in [0.2, 0.25) is 5.91 Å². The van der Waals surface area contributed by atoms with E-state index in [0.717, 1.165) is 29.6 Å². The summed E-state index contributed by atoms with van der Waals surface area (Å²) in [5.74, 6) is 0.598. The first-order valence-electron chi connectivity index (χ1n) is 6.99. The molecule has 1 aromatic heterocycles. The van der Waals surface area contributed by atoms with Gasteiger partial charge in [0, 0.05) is 17.5 Å². The lowest BCUT2D eigenvalue weighted by atomic mass is 9.84. The minimum atomic E-state index is -0.217. The molecule has 0 spiro atoms. The summed E-state index contributed by atoms with van der Waals surface area (Å²) in [6.07, 6.45) is 1.78. The predicted molar refractivity (Wildman–Crippen MR) is 79.4 cm³/mol. The molecule has 106 valence electrons. The molecule has 2 aromatic rings. The maximum Gasteiger partial charge on any atom is 0.222 e. The Labute approximate surface area is 118 Å². The van der Waals surface area contributed by atoms with Crippen LogP contribution in [0.5, 0.6) is 0 Å². The van der Waals surface area contributed by atoms with E-state index in [0.29, 0.717) is 6.54 Å². The van der Waals surface area contributed by atoms with E-state index in [2.05, 4.69) is 35.0 Å². The first kappa shape index (κ1) is 13.0. The van der Waals surface area contributed by atoms with Gasteiger partial charge in [-0.05, 0) is 38.8 Å². The van der Waals surface area contributed by atoms with Crippen molar-refractivity contribution in [1.82, 2.24) is 10.2 Å². The third kappa shape index (κ3) is 2.03. The Balaban J connectivity index is 2.03. The second-order valence-electron chi connectivity index (χ2n) is 6.15. The number of carbonyl (C=O) groups is 1. The highest BCUT2D eigenvalue weighted by atomic mass is 16.1. The summed E-state index contributed by atoms with van der Waals surface area (Å²) in [6.45, 7) is 5.01. The molecule has 1 aliphatic rings. The van der Waals surface area contributed by atoms with Crippen LogP contribution in [0.4, 0.5) is 5.82 Å². The number of rotatable bonds is 2. The number of primary amides is 1. The smallest absolute Gasteiger partial charge is 0.222 e. The van der Waals surface area contributed by atoms with Crippen molar-refractivity contribution >= 4 is 22.6 Å². The van der Waals surface area contributed by atoms with Crippen LogP contribution in [0.1, 0.15) is 26.7 Å². The van der Waals surface area contributed by atoms with Crippen LogP contribution in [0.25, 0.3) is 10.9 Å². The summed E-state index contributed by atoms with van der Waals surface area (Å²) in [7, 11) is 0. The zero-order chi connectivity index (χ0) is 14.3. The number of fused-ring (bicyclic) bond motifs is 1. The summed E-state index contributed by atoms with van der Waals surface area (Å²) in [4.78, 5) is 13.7. The third-order valence-corrected chi connectivity index (χ3v) is 4.35. The fraction of sp³-hybridized carbons (Fsp3) is 0.467. The van der Waals surface area contributed by atoms with E-state index in [-0.39, 0.29) is 17.4 Å². The van der Waals surface area contributed by atoms with Crippen molar-refractivity contribution in [1.29, 1.82) is 0 Å². The normalized spacial score (nSPS) is 22.1. The third-order valence-electron chi connectivity index (χ3n) is 4.35. The van der Waals surface area contributed by atoms with Gasteiger partial charge < -0.3 is 10.6 Å². The zero-order valence-corrected chi connectivity index (χ0v) is 11.9. The Morgan fingerprint density at radius 3 is 2.95 bits per heavy atom. The number of benzene rings is 1. The average molecular weight is 272 g/mol. The fourth-order valence-electron chi connectivity index (χ4n) is 2.98. The topological polar surface area (TPSA) is 75.0 Å². The summed E-state index contributed by atoms with van der Waals surface area (Å²) in [5.41, 5.74) is 6.48. The second-order valence-corrected chi connectivity index (χ2v) is 6.15. The quantitative estimate of drug-likeness (QED) is 0.878. The molecule has 1 unspecified atom stereocenters. The molecule has 1 amide bonds. The first-order chi connectivity index (χ1) is 9.49. The molecule has 0 radical (unpaired) electrons. The number of H-pyrrole nitrogens is 1. The van der Waals surface area contributed by atoms with Gasteiger partial charge in [-0.3, -0.25) is 9.89 Å². The molecule has 0 bridgehead atoms. The molecule has 3 N–H and O–H groups in total. The van der Waals surface area contributed by atoms with Crippen molar-refractivity contribution < 1.29 is 4.79 Å². The van der Waals surface area contributed by atoms with E-state index in [1.165, 1.54) is 0 Å². The molecular formula is C15H20N4O. The van der Waals surface area contributed by atoms with E-state index < -0.39 is 0 Å². The molecule has 1 saturated heterocycles. The number of hydrogen-bond donors (Lipinski definition) is 2. The summed E-state index contributed by atoms with van der Waals surface area (Å²) in [6, 6.07) is 8.05. The van der Waals surface area contributed by atoms with Crippen molar-refractivity contribution in [3.05, 3.63) is 24.3 Å². The number of nitrogens with one attached hydrogen (secondary N) is 1. The van der Waals surface area contributed by atoms with Gasteiger partial charge >= 0.3 is 0 Å². The van der Waals surface area contributed by atoms with E-state index in [1.54, 1.807) is 0 Å². The molecule has 5 heteroatoms. The Kier molecular flexibility index (Phi) is 2.92. The number of nitrogens with two attached hydrogens (primary N) is 1. The molecule has 1 aromatic carbocycles. The lowest BCUT2D eigenvalue weighted by Crippen LogP contribution is -2.53. The maximum absolute atomic E-state index is 11.5. The lowest BCUT2D eigenvalue weighted by Gasteiger charge is -2.45. The second kappa shape index (κ2) is 4.51. The van der Waals surface area contributed by atoms with Crippen molar-refractivity contribution in [3.8, 4) is 0 Å².